The third-order valence-corrected chi connectivity index (χ3v) is 5.07. The molecule has 2 saturated heterocycles. The number of rotatable bonds is 2. The molecule has 3 heterocycles. The maximum atomic E-state index is 12.6. The molecule has 0 N–H and O–H groups in total. The monoisotopic (exact) mass is 314 g/mol. The van der Waals surface area contributed by atoms with Crippen LogP contribution in [0.25, 0.3) is 0 Å². The van der Waals surface area contributed by atoms with E-state index in [2.05, 4.69) is 9.36 Å². The molecule has 22 heavy (non-hydrogen) atoms. The topological polar surface area (TPSA) is 66.4 Å². The number of para-hydroxylation sites is 1. The molecule has 2 unspecified atom stereocenters. The first-order valence-electron chi connectivity index (χ1n) is 7.13. The fourth-order valence-electron chi connectivity index (χ4n) is 3.15. The van der Waals surface area contributed by atoms with Gasteiger partial charge >= 0.3 is 0 Å². The number of anilines is 2. The molecule has 2 aliphatic rings. The first kappa shape index (κ1) is 13.4. The van der Waals surface area contributed by atoms with Crippen LogP contribution in [0.2, 0.25) is 0 Å². The molecule has 4 rings (SSSR count). The molecule has 0 radical (unpaired) electrons. The second-order valence-electron chi connectivity index (χ2n) is 5.59. The van der Waals surface area contributed by atoms with Gasteiger partial charge in [-0.1, -0.05) is 18.2 Å². The number of benzene rings is 1. The van der Waals surface area contributed by atoms with E-state index in [1.807, 2.05) is 30.0 Å². The van der Waals surface area contributed by atoms with Gasteiger partial charge in [0.25, 0.3) is 0 Å². The molecule has 112 valence electrons. The van der Waals surface area contributed by atoms with Crippen LogP contribution in [0.15, 0.2) is 30.3 Å². The van der Waals surface area contributed by atoms with Crippen LogP contribution in [-0.2, 0) is 9.59 Å². The molecule has 0 spiro atoms. The van der Waals surface area contributed by atoms with E-state index in [1.165, 1.54) is 16.4 Å². The van der Waals surface area contributed by atoms with Crippen LogP contribution in [0.4, 0.5) is 10.8 Å². The molecule has 0 bridgehead atoms. The standard InChI is InChI=1S/C15H14N4O2S/c1-9-16-15(22-17-9)18-7-11-12(8-18)14(21)19(13(11)20)10-5-3-2-4-6-10/h2-6,11-12H,7-8H2,1H3. The van der Waals surface area contributed by atoms with Crippen molar-refractivity contribution in [3.05, 3.63) is 36.2 Å². The quantitative estimate of drug-likeness (QED) is 0.785. The summed E-state index contributed by atoms with van der Waals surface area (Å²) in [6.07, 6.45) is 0. The molecule has 1 aromatic heterocycles. The zero-order valence-corrected chi connectivity index (χ0v) is 12.8. The smallest absolute Gasteiger partial charge is 0.239 e. The fraction of sp³-hybridized carbons (Fsp3) is 0.333. The average Bonchev–Trinajstić information content (AvgIpc) is 3.18. The molecule has 2 aliphatic heterocycles. The summed E-state index contributed by atoms with van der Waals surface area (Å²) in [4.78, 5) is 32.9. The number of carbonyl (C=O) groups is 2. The van der Waals surface area contributed by atoms with E-state index in [0.717, 1.165) is 11.0 Å². The number of hydrogen-bond donors (Lipinski definition) is 0. The zero-order chi connectivity index (χ0) is 15.3. The Kier molecular flexibility index (Phi) is 2.97. The fourth-order valence-corrected chi connectivity index (χ4v) is 3.84. The minimum atomic E-state index is -0.281. The SMILES string of the molecule is Cc1nsc(N2CC3C(=O)N(c4ccccc4)C(=O)C3C2)n1. The number of hydrogen-bond acceptors (Lipinski definition) is 6. The minimum Gasteiger partial charge on any atom is -0.345 e. The lowest BCUT2D eigenvalue weighted by Gasteiger charge is -2.19. The Bertz CT molecular complexity index is 721. The number of imide groups is 1. The van der Waals surface area contributed by atoms with E-state index in [9.17, 15) is 9.59 Å². The van der Waals surface area contributed by atoms with E-state index in [0.29, 0.717) is 18.8 Å². The second kappa shape index (κ2) is 4.88. The van der Waals surface area contributed by atoms with Crippen LogP contribution < -0.4 is 9.80 Å². The number of nitrogens with zero attached hydrogens (tertiary/aromatic N) is 4. The van der Waals surface area contributed by atoms with Crippen molar-refractivity contribution in [3.8, 4) is 0 Å². The zero-order valence-electron chi connectivity index (χ0n) is 12.0. The highest BCUT2D eigenvalue weighted by Gasteiger charge is 2.53. The first-order valence-corrected chi connectivity index (χ1v) is 7.90. The molecule has 2 fully saturated rings. The third kappa shape index (κ3) is 1.93. The minimum absolute atomic E-state index is 0.107. The van der Waals surface area contributed by atoms with E-state index in [-0.39, 0.29) is 23.7 Å². The van der Waals surface area contributed by atoms with Crippen LogP contribution in [-0.4, -0.2) is 34.3 Å². The molecule has 7 heteroatoms. The predicted octanol–water partition coefficient (Wildman–Crippen LogP) is 1.47. The molecule has 0 saturated carbocycles. The van der Waals surface area contributed by atoms with Gasteiger partial charge in [-0.3, -0.25) is 9.59 Å². The number of aromatic nitrogens is 2. The van der Waals surface area contributed by atoms with Crippen molar-refractivity contribution in [1.82, 2.24) is 9.36 Å². The van der Waals surface area contributed by atoms with Crippen molar-refractivity contribution >= 4 is 34.2 Å². The van der Waals surface area contributed by atoms with Crippen LogP contribution >= 0.6 is 11.5 Å². The van der Waals surface area contributed by atoms with Gasteiger partial charge in [0.2, 0.25) is 16.9 Å². The largest absolute Gasteiger partial charge is 0.345 e. The highest BCUT2D eigenvalue weighted by Crippen LogP contribution is 2.38. The summed E-state index contributed by atoms with van der Waals surface area (Å²) in [5, 5.41) is 0.791. The molecule has 6 nitrogen and oxygen atoms in total. The summed E-state index contributed by atoms with van der Waals surface area (Å²) in [5.41, 5.74) is 0.658. The molecule has 1 aromatic carbocycles. The normalized spacial score (nSPS) is 24.2. The van der Waals surface area contributed by atoms with Crippen molar-refractivity contribution in [3.63, 3.8) is 0 Å². The van der Waals surface area contributed by atoms with E-state index >= 15 is 0 Å². The predicted molar refractivity (Wildman–Crippen MR) is 82.8 cm³/mol. The summed E-state index contributed by atoms with van der Waals surface area (Å²) in [6, 6.07) is 9.13. The van der Waals surface area contributed by atoms with Gasteiger partial charge in [0.05, 0.1) is 17.5 Å². The van der Waals surface area contributed by atoms with Crippen LogP contribution in [0.3, 0.4) is 0 Å². The maximum absolute atomic E-state index is 12.6. The molecule has 2 amide bonds. The molecule has 0 aliphatic carbocycles. The molecular weight excluding hydrogens is 300 g/mol. The lowest BCUT2D eigenvalue weighted by molar-refractivity contribution is -0.122. The number of aryl methyl sites for hydroxylation is 1. The Hall–Kier alpha value is -2.28. The Morgan fingerprint density at radius 2 is 1.73 bits per heavy atom. The maximum Gasteiger partial charge on any atom is 0.239 e. The highest BCUT2D eigenvalue weighted by molar-refractivity contribution is 7.09. The lowest BCUT2D eigenvalue weighted by Crippen LogP contribution is -2.36. The summed E-state index contributed by atoms with van der Waals surface area (Å²) in [5.74, 6) is -0.0516. The second-order valence-corrected chi connectivity index (χ2v) is 6.32. The van der Waals surface area contributed by atoms with Crippen molar-refractivity contribution in [1.29, 1.82) is 0 Å². The van der Waals surface area contributed by atoms with Crippen molar-refractivity contribution in [2.75, 3.05) is 22.9 Å². The summed E-state index contributed by atoms with van der Waals surface area (Å²) in [7, 11) is 0. The van der Waals surface area contributed by atoms with Crippen molar-refractivity contribution < 1.29 is 9.59 Å². The van der Waals surface area contributed by atoms with Gasteiger partial charge in [0.15, 0.2) is 0 Å². The van der Waals surface area contributed by atoms with Crippen LogP contribution in [0.5, 0.6) is 0 Å². The summed E-state index contributed by atoms with van der Waals surface area (Å²) < 4.78 is 4.16. The molecular formula is C15H14N4O2S. The third-order valence-electron chi connectivity index (χ3n) is 4.20. The molecule has 2 atom stereocenters. The Balaban J connectivity index is 1.60. The summed E-state index contributed by atoms with van der Waals surface area (Å²) in [6.45, 7) is 2.91. The average molecular weight is 314 g/mol. The van der Waals surface area contributed by atoms with Crippen molar-refractivity contribution in [2.24, 2.45) is 11.8 Å². The van der Waals surface area contributed by atoms with E-state index in [4.69, 9.17) is 0 Å². The van der Waals surface area contributed by atoms with Gasteiger partial charge in [-0.15, -0.1) is 0 Å². The Morgan fingerprint density at radius 1 is 1.09 bits per heavy atom. The van der Waals surface area contributed by atoms with E-state index < -0.39 is 0 Å². The van der Waals surface area contributed by atoms with Crippen LogP contribution in [0, 0.1) is 18.8 Å². The van der Waals surface area contributed by atoms with Gasteiger partial charge in [0, 0.05) is 24.6 Å². The van der Waals surface area contributed by atoms with Crippen molar-refractivity contribution in [2.45, 2.75) is 6.92 Å². The van der Waals surface area contributed by atoms with Gasteiger partial charge in [-0.05, 0) is 19.1 Å². The molecule has 2 aromatic rings. The summed E-state index contributed by atoms with van der Waals surface area (Å²) >= 11 is 1.31. The van der Waals surface area contributed by atoms with Gasteiger partial charge in [0.1, 0.15) is 5.82 Å². The first-order chi connectivity index (χ1) is 10.6. The van der Waals surface area contributed by atoms with Crippen LogP contribution in [0.1, 0.15) is 5.82 Å². The van der Waals surface area contributed by atoms with E-state index in [1.54, 1.807) is 12.1 Å². The number of carbonyl (C=O) groups excluding carboxylic acids is 2. The highest BCUT2D eigenvalue weighted by atomic mass is 32.1. The van der Waals surface area contributed by atoms with Gasteiger partial charge in [-0.2, -0.15) is 4.37 Å². The Labute approximate surface area is 131 Å². The Morgan fingerprint density at radius 3 is 2.27 bits per heavy atom. The lowest BCUT2D eigenvalue weighted by atomic mass is 10.00. The van der Waals surface area contributed by atoms with Gasteiger partial charge < -0.3 is 4.90 Å². The van der Waals surface area contributed by atoms with Gasteiger partial charge in [-0.25, -0.2) is 9.88 Å². The number of fused-ring (bicyclic) bond motifs is 1. The number of amides is 2.